The Morgan fingerprint density at radius 1 is 1.32 bits per heavy atom. The first kappa shape index (κ1) is 13.4. The van der Waals surface area contributed by atoms with Crippen molar-refractivity contribution in [2.45, 2.75) is 39.8 Å². The standard InChI is InChI=1S/C17H20N4O/c1-11-3-4-12(2)16(7-11)21-10-15-14(18-17(21)22)9-20(19-15)8-13-5-6-13/h3-4,7,9,13H,5-6,8,10H2,1-2H3,(H,18,22). The monoisotopic (exact) mass is 296 g/mol. The second-order valence-electron chi connectivity index (χ2n) is 6.46. The number of amides is 2. The van der Waals surface area contributed by atoms with Crippen LogP contribution in [0.15, 0.2) is 24.4 Å². The van der Waals surface area contributed by atoms with Gasteiger partial charge in [0.15, 0.2) is 0 Å². The topological polar surface area (TPSA) is 50.2 Å². The van der Waals surface area contributed by atoms with E-state index in [4.69, 9.17) is 0 Å². The number of carbonyl (C=O) groups is 1. The molecule has 0 atom stereocenters. The lowest BCUT2D eigenvalue weighted by Crippen LogP contribution is -2.38. The molecule has 22 heavy (non-hydrogen) atoms. The van der Waals surface area contributed by atoms with Gasteiger partial charge in [-0.25, -0.2) is 4.79 Å². The van der Waals surface area contributed by atoms with E-state index in [-0.39, 0.29) is 6.03 Å². The molecule has 2 amide bonds. The minimum Gasteiger partial charge on any atom is -0.304 e. The quantitative estimate of drug-likeness (QED) is 0.943. The number of aromatic nitrogens is 2. The van der Waals surface area contributed by atoms with Gasteiger partial charge >= 0.3 is 6.03 Å². The molecule has 0 unspecified atom stereocenters. The van der Waals surface area contributed by atoms with Crippen LogP contribution in [-0.2, 0) is 13.1 Å². The molecule has 0 spiro atoms. The summed E-state index contributed by atoms with van der Waals surface area (Å²) < 4.78 is 1.98. The van der Waals surface area contributed by atoms with Crippen LogP contribution in [0.25, 0.3) is 0 Å². The van der Waals surface area contributed by atoms with Gasteiger partial charge in [-0.2, -0.15) is 5.10 Å². The maximum atomic E-state index is 12.4. The summed E-state index contributed by atoms with van der Waals surface area (Å²) in [5, 5.41) is 7.63. The minimum absolute atomic E-state index is 0.0767. The summed E-state index contributed by atoms with van der Waals surface area (Å²) >= 11 is 0. The van der Waals surface area contributed by atoms with Gasteiger partial charge in [-0.05, 0) is 49.8 Å². The Hall–Kier alpha value is -2.30. The zero-order valence-corrected chi connectivity index (χ0v) is 13.0. The molecular formula is C17H20N4O. The number of benzene rings is 1. The summed E-state index contributed by atoms with van der Waals surface area (Å²) in [5.74, 6) is 0.771. The van der Waals surface area contributed by atoms with Gasteiger partial charge in [0.1, 0.15) is 5.69 Å². The third kappa shape index (κ3) is 2.36. The average molecular weight is 296 g/mol. The molecule has 114 valence electrons. The molecule has 1 aromatic heterocycles. The summed E-state index contributed by atoms with van der Waals surface area (Å²) in [6, 6.07) is 6.10. The number of nitrogens with zero attached hydrogens (tertiary/aromatic N) is 3. The zero-order valence-electron chi connectivity index (χ0n) is 13.0. The van der Waals surface area contributed by atoms with E-state index < -0.39 is 0 Å². The van der Waals surface area contributed by atoms with Crippen LogP contribution < -0.4 is 10.2 Å². The predicted molar refractivity (Wildman–Crippen MR) is 86.1 cm³/mol. The van der Waals surface area contributed by atoms with E-state index in [2.05, 4.69) is 28.6 Å². The van der Waals surface area contributed by atoms with E-state index in [0.717, 1.165) is 40.7 Å². The molecule has 0 bridgehead atoms. The highest BCUT2D eigenvalue weighted by atomic mass is 16.2. The number of urea groups is 1. The Morgan fingerprint density at radius 3 is 2.91 bits per heavy atom. The molecule has 1 saturated carbocycles. The van der Waals surface area contributed by atoms with Gasteiger partial charge < -0.3 is 5.32 Å². The molecule has 1 aliphatic carbocycles. The van der Waals surface area contributed by atoms with Crippen LogP contribution in [0, 0.1) is 19.8 Å². The fourth-order valence-electron chi connectivity index (χ4n) is 2.95. The lowest BCUT2D eigenvalue weighted by atomic mass is 10.1. The first-order valence-electron chi connectivity index (χ1n) is 7.82. The smallest absolute Gasteiger partial charge is 0.304 e. The van der Waals surface area contributed by atoms with E-state index >= 15 is 0 Å². The van der Waals surface area contributed by atoms with Crippen molar-refractivity contribution in [1.29, 1.82) is 0 Å². The number of fused-ring (bicyclic) bond motifs is 1. The average Bonchev–Trinajstić information content (AvgIpc) is 3.20. The number of hydrogen-bond acceptors (Lipinski definition) is 2. The van der Waals surface area contributed by atoms with E-state index in [1.54, 1.807) is 4.90 Å². The Balaban J connectivity index is 1.64. The molecule has 0 radical (unpaired) electrons. The highest BCUT2D eigenvalue weighted by molar-refractivity contribution is 6.04. The highest BCUT2D eigenvalue weighted by Crippen LogP contribution is 2.33. The highest BCUT2D eigenvalue weighted by Gasteiger charge is 2.29. The van der Waals surface area contributed by atoms with Crippen molar-refractivity contribution in [2.24, 2.45) is 5.92 Å². The fourth-order valence-corrected chi connectivity index (χ4v) is 2.95. The van der Waals surface area contributed by atoms with Gasteiger partial charge in [-0.1, -0.05) is 12.1 Å². The number of hydrogen-bond donors (Lipinski definition) is 1. The first-order chi connectivity index (χ1) is 10.6. The summed E-state index contributed by atoms with van der Waals surface area (Å²) in [5.41, 5.74) is 5.01. The normalized spacial score (nSPS) is 17.4. The Morgan fingerprint density at radius 2 is 2.14 bits per heavy atom. The van der Waals surface area contributed by atoms with Gasteiger partial charge in [0.05, 0.1) is 12.2 Å². The van der Waals surface area contributed by atoms with E-state index in [0.29, 0.717) is 6.54 Å². The SMILES string of the molecule is Cc1ccc(C)c(N2Cc3nn(CC4CC4)cc3NC2=O)c1. The minimum atomic E-state index is -0.0767. The van der Waals surface area contributed by atoms with Gasteiger partial charge in [0.25, 0.3) is 0 Å². The molecule has 4 rings (SSSR count). The van der Waals surface area contributed by atoms with Crippen LogP contribution >= 0.6 is 0 Å². The van der Waals surface area contributed by atoms with Gasteiger partial charge in [-0.15, -0.1) is 0 Å². The van der Waals surface area contributed by atoms with Crippen molar-refractivity contribution >= 4 is 17.4 Å². The molecule has 2 aromatic rings. The third-order valence-corrected chi connectivity index (χ3v) is 4.43. The summed E-state index contributed by atoms with van der Waals surface area (Å²) in [6.45, 7) is 5.57. The van der Waals surface area contributed by atoms with E-state index in [1.807, 2.05) is 24.7 Å². The van der Waals surface area contributed by atoms with Crippen molar-refractivity contribution < 1.29 is 4.79 Å². The number of aryl methyl sites for hydroxylation is 2. The van der Waals surface area contributed by atoms with Crippen LogP contribution in [0.5, 0.6) is 0 Å². The van der Waals surface area contributed by atoms with Crippen molar-refractivity contribution in [3.05, 3.63) is 41.2 Å². The van der Waals surface area contributed by atoms with Crippen LogP contribution in [0.1, 0.15) is 29.7 Å². The lowest BCUT2D eigenvalue weighted by Gasteiger charge is -2.28. The third-order valence-electron chi connectivity index (χ3n) is 4.43. The van der Waals surface area contributed by atoms with Crippen molar-refractivity contribution in [2.75, 3.05) is 10.2 Å². The molecular weight excluding hydrogens is 276 g/mol. The first-order valence-corrected chi connectivity index (χ1v) is 7.82. The van der Waals surface area contributed by atoms with Crippen molar-refractivity contribution in [3.63, 3.8) is 0 Å². The van der Waals surface area contributed by atoms with Crippen LogP contribution in [-0.4, -0.2) is 15.8 Å². The summed E-state index contributed by atoms with van der Waals surface area (Å²) in [6.07, 6.45) is 4.56. The zero-order chi connectivity index (χ0) is 15.3. The lowest BCUT2D eigenvalue weighted by molar-refractivity contribution is 0.256. The van der Waals surface area contributed by atoms with E-state index in [9.17, 15) is 4.79 Å². The maximum absolute atomic E-state index is 12.4. The second kappa shape index (κ2) is 4.87. The second-order valence-corrected chi connectivity index (χ2v) is 6.46. The van der Waals surface area contributed by atoms with Crippen LogP contribution in [0.3, 0.4) is 0 Å². The Bertz CT molecular complexity index is 745. The summed E-state index contributed by atoms with van der Waals surface area (Å²) in [7, 11) is 0. The van der Waals surface area contributed by atoms with Gasteiger partial charge in [-0.3, -0.25) is 9.58 Å². The van der Waals surface area contributed by atoms with Crippen LogP contribution in [0.4, 0.5) is 16.2 Å². The number of carbonyl (C=O) groups excluding carboxylic acids is 1. The molecule has 1 fully saturated rings. The Labute approximate surface area is 129 Å². The molecule has 1 aliphatic heterocycles. The largest absolute Gasteiger partial charge is 0.326 e. The number of anilines is 2. The predicted octanol–water partition coefficient (Wildman–Crippen LogP) is 3.46. The molecule has 5 heteroatoms. The number of rotatable bonds is 3. The van der Waals surface area contributed by atoms with Gasteiger partial charge in [0, 0.05) is 18.4 Å². The molecule has 1 aromatic carbocycles. The molecule has 5 nitrogen and oxygen atoms in total. The van der Waals surface area contributed by atoms with Gasteiger partial charge in [0.2, 0.25) is 0 Å². The molecule has 2 aliphatic rings. The van der Waals surface area contributed by atoms with Crippen molar-refractivity contribution in [3.8, 4) is 0 Å². The van der Waals surface area contributed by atoms with Crippen molar-refractivity contribution in [1.82, 2.24) is 9.78 Å². The molecule has 0 saturated heterocycles. The number of nitrogens with one attached hydrogen (secondary N) is 1. The maximum Gasteiger partial charge on any atom is 0.326 e. The Kier molecular flexibility index (Phi) is 2.96. The molecule has 2 heterocycles. The van der Waals surface area contributed by atoms with Crippen LogP contribution in [0.2, 0.25) is 0 Å². The summed E-state index contributed by atoms with van der Waals surface area (Å²) in [4.78, 5) is 14.2. The fraction of sp³-hybridized carbons (Fsp3) is 0.412. The van der Waals surface area contributed by atoms with E-state index in [1.165, 1.54) is 12.8 Å². The molecule has 1 N–H and O–H groups in total.